The van der Waals surface area contributed by atoms with Crippen LogP contribution in [0.25, 0.3) is 0 Å². The lowest BCUT2D eigenvalue weighted by Crippen LogP contribution is -2.29. The van der Waals surface area contributed by atoms with Gasteiger partial charge in [-0.05, 0) is 48.8 Å². The van der Waals surface area contributed by atoms with E-state index in [9.17, 15) is 5.11 Å². The summed E-state index contributed by atoms with van der Waals surface area (Å²) in [5, 5.41) is 10.4. The number of rotatable bonds is 5. The summed E-state index contributed by atoms with van der Waals surface area (Å²) in [6.45, 7) is 6.30. The molecule has 1 fully saturated rings. The van der Waals surface area contributed by atoms with Gasteiger partial charge in [-0.25, -0.2) is 0 Å². The predicted octanol–water partition coefficient (Wildman–Crippen LogP) is 3.52. The topological polar surface area (TPSA) is 29.5 Å². The zero-order valence-corrected chi connectivity index (χ0v) is 11.9. The van der Waals surface area contributed by atoms with Crippen LogP contribution in [0.4, 0.5) is 0 Å². The summed E-state index contributed by atoms with van der Waals surface area (Å²) in [7, 11) is 1.71. The summed E-state index contributed by atoms with van der Waals surface area (Å²) in [5.74, 6) is 1.87. The lowest BCUT2D eigenvalue weighted by Gasteiger charge is -2.24. The second-order valence-corrected chi connectivity index (χ2v) is 6.04. The first-order valence-electron chi connectivity index (χ1n) is 6.83. The van der Waals surface area contributed by atoms with Crippen LogP contribution >= 0.6 is 0 Å². The van der Waals surface area contributed by atoms with E-state index in [1.54, 1.807) is 7.11 Å². The van der Waals surface area contributed by atoms with Crippen LogP contribution in [0.1, 0.15) is 50.7 Å². The molecule has 1 aromatic carbocycles. The standard InChI is InChI=1S/C16H24O2/c1-11(2)14-9-12(5-8-15(14)18-4)10-16(3,17)13-6-7-13/h5,8-9,11,13,17H,6-7,10H2,1-4H3. The Hall–Kier alpha value is -1.02. The lowest BCUT2D eigenvalue weighted by atomic mass is 9.89. The Morgan fingerprint density at radius 3 is 2.56 bits per heavy atom. The highest BCUT2D eigenvalue weighted by atomic mass is 16.5. The molecule has 0 aromatic heterocycles. The van der Waals surface area contributed by atoms with Gasteiger partial charge in [0, 0.05) is 6.42 Å². The molecule has 2 heteroatoms. The predicted molar refractivity (Wildman–Crippen MR) is 74.1 cm³/mol. The highest BCUT2D eigenvalue weighted by molar-refractivity contribution is 5.39. The van der Waals surface area contributed by atoms with Gasteiger partial charge in [0.15, 0.2) is 0 Å². The van der Waals surface area contributed by atoms with Crippen molar-refractivity contribution in [3.05, 3.63) is 29.3 Å². The van der Waals surface area contributed by atoms with Crippen molar-refractivity contribution in [2.75, 3.05) is 7.11 Å². The van der Waals surface area contributed by atoms with Gasteiger partial charge in [-0.1, -0.05) is 26.0 Å². The first-order chi connectivity index (χ1) is 8.44. The molecule has 0 aliphatic heterocycles. The van der Waals surface area contributed by atoms with Crippen LogP contribution in [0.3, 0.4) is 0 Å². The van der Waals surface area contributed by atoms with Crippen molar-refractivity contribution in [3.63, 3.8) is 0 Å². The highest BCUT2D eigenvalue weighted by Crippen LogP contribution is 2.41. The Morgan fingerprint density at radius 2 is 2.06 bits per heavy atom. The molecule has 1 aromatic rings. The summed E-state index contributed by atoms with van der Waals surface area (Å²) >= 11 is 0. The maximum Gasteiger partial charge on any atom is 0.122 e. The fourth-order valence-corrected chi connectivity index (χ4v) is 2.61. The Balaban J connectivity index is 2.21. The van der Waals surface area contributed by atoms with Crippen LogP contribution in [0.5, 0.6) is 5.75 Å². The van der Waals surface area contributed by atoms with Crippen LogP contribution in [-0.4, -0.2) is 17.8 Å². The fraction of sp³-hybridized carbons (Fsp3) is 0.625. The van der Waals surface area contributed by atoms with Gasteiger partial charge < -0.3 is 9.84 Å². The van der Waals surface area contributed by atoms with E-state index in [1.165, 1.54) is 24.0 Å². The van der Waals surface area contributed by atoms with E-state index in [0.717, 1.165) is 12.2 Å². The second kappa shape index (κ2) is 4.93. The molecule has 100 valence electrons. The SMILES string of the molecule is COc1ccc(CC(C)(O)C2CC2)cc1C(C)C. The van der Waals surface area contributed by atoms with E-state index in [2.05, 4.69) is 26.0 Å². The van der Waals surface area contributed by atoms with Crippen molar-refractivity contribution in [2.45, 2.75) is 51.6 Å². The molecule has 0 amide bonds. The third-order valence-electron chi connectivity index (χ3n) is 3.93. The Morgan fingerprint density at radius 1 is 1.39 bits per heavy atom. The number of hydrogen-bond donors (Lipinski definition) is 1. The van der Waals surface area contributed by atoms with Crippen LogP contribution in [-0.2, 0) is 6.42 Å². The van der Waals surface area contributed by atoms with Crippen molar-refractivity contribution in [1.82, 2.24) is 0 Å². The number of ether oxygens (including phenoxy) is 1. The van der Waals surface area contributed by atoms with E-state index in [-0.39, 0.29) is 0 Å². The zero-order valence-electron chi connectivity index (χ0n) is 11.9. The number of aliphatic hydroxyl groups is 1. The summed E-state index contributed by atoms with van der Waals surface area (Å²) in [6, 6.07) is 6.27. The Bertz CT molecular complexity index is 417. The molecule has 0 bridgehead atoms. The maximum absolute atomic E-state index is 10.4. The van der Waals surface area contributed by atoms with Crippen LogP contribution in [0.2, 0.25) is 0 Å². The average Bonchev–Trinajstić information content (AvgIpc) is 3.12. The van der Waals surface area contributed by atoms with Gasteiger partial charge in [0.2, 0.25) is 0 Å². The second-order valence-electron chi connectivity index (χ2n) is 6.04. The monoisotopic (exact) mass is 248 g/mol. The number of methoxy groups -OCH3 is 1. The van der Waals surface area contributed by atoms with Crippen molar-refractivity contribution >= 4 is 0 Å². The molecule has 1 aliphatic carbocycles. The van der Waals surface area contributed by atoms with Gasteiger partial charge in [0.05, 0.1) is 12.7 Å². The first-order valence-corrected chi connectivity index (χ1v) is 6.83. The van der Waals surface area contributed by atoms with Gasteiger partial charge in [-0.15, -0.1) is 0 Å². The number of benzene rings is 1. The third kappa shape index (κ3) is 2.86. The van der Waals surface area contributed by atoms with Crippen LogP contribution in [0.15, 0.2) is 18.2 Å². The third-order valence-corrected chi connectivity index (χ3v) is 3.93. The van der Waals surface area contributed by atoms with E-state index in [1.807, 2.05) is 13.0 Å². The van der Waals surface area contributed by atoms with Gasteiger partial charge in [-0.3, -0.25) is 0 Å². The first kappa shape index (κ1) is 13.4. The van der Waals surface area contributed by atoms with Gasteiger partial charge in [-0.2, -0.15) is 0 Å². The molecule has 1 unspecified atom stereocenters. The molecule has 1 aliphatic rings. The molecule has 0 saturated heterocycles. The molecule has 0 heterocycles. The van der Waals surface area contributed by atoms with Gasteiger partial charge in [0.1, 0.15) is 5.75 Å². The summed E-state index contributed by atoms with van der Waals surface area (Å²) < 4.78 is 5.39. The number of hydrogen-bond acceptors (Lipinski definition) is 2. The molecule has 0 radical (unpaired) electrons. The summed E-state index contributed by atoms with van der Waals surface area (Å²) in [6.07, 6.45) is 3.07. The molecule has 1 saturated carbocycles. The lowest BCUT2D eigenvalue weighted by molar-refractivity contribution is 0.0372. The van der Waals surface area contributed by atoms with Crippen molar-refractivity contribution in [2.24, 2.45) is 5.92 Å². The van der Waals surface area contributed by atoms with E-state index >= 15 is 0 Å². The van der Waals surface area contributed by atoms with Crippen LogP contribution < -0.4 is 4.74 Å². The minimum atomic E-state index is -0.553. The summed E-state index contributed by atoms with van der Waals surface area (Å²) in [5.41, 5.74) is 1.88. The van der Waals surface area contributed by atoms with Crippen molar-refractivity contribution in [3.8, 4) is 5.75 Å². The molecule has 1 atom stereocenters. The van der Waals surface area contributed by atoms with Gasteiger partial charge >= 0.3 is 0 Å². The largest absolute Gasteiger partial charge is 0.496 e. The minimum Gasteiger partial charge on any atom is -0.496 e. The molecule has 18 heavy (non-hydrogen) atoms. The van der Waals surface area contributed by atoms with E-state index < -0.39 is 5.60 Å². The van der Waals surface area contributed by atoms with E-state index in [0.29, 0.717) is 11.8 Å². The fourth-order valence-electron chi connectivity index (χ4n) is 2.61. The molecular formula is C16H24O2. The molecule has 1 N–H and O–H groups in total. The van der Waals surface area contributed by atoms with Crippen LogP contribution in [0, 0.1) is 5.92 Å². The van der Waals surface area contributed by atoms with Crippen molar-refractivity contribution < 1.29 is 9.84 Å². The quantitative estimate of drug-likeness (QED) is 0.864. The summed E-state index contributed by atoms with van der Waals surface area (Å²) in [4.78, 5) is 0. The molecule has 2 nitrogen and oxygen atoms in total. The van der Waals surface area contributed by atoms with Gasteiger partial charge in [0.25, 0.3) is 0 Å². The molecule has 0 spiro atoms. The average molecular weight is 248 g/mol. The smallest absolute Gasteiger partial charge is 0.122 e. The normalized spacial score (nSPS) is 18.8. The maximum atomic E-state index is 10.4. The zero-order chi connectivity index (χ0) is 13.3. The molecule has 2 rings (SSSR count). The minimum absolute atomic E-state index is 0.436. The van der Waals surface area contributed by atoms with E-state index in [4.69, 9.17) is 4.74 Å². The van der Waals surface area contributed by atoms with Crippen molar-refractivity contribution in [1.29, 1.82) is 0 Å². The molecular weight excluding hydrogens is 224 g/mol. The highest BCUT2D eigenvalue weighted by Gasteiger charge is 2.39. The Labute approximate surface area is 110 Å². The Kier molecular flexibility index (Phi) is 3.67.